The van der Waals surface area contributed by atoms with Crippen LogP contribution in [-0.4, -0.2) is 21.7 Å². The lowest BCUT2D eigenvalue weighted by molar-refractivity contribution is 0.343. The summed E-state index contributed by atoms with van der Waals surface area (Å²) in [6.07, 6.45) is 4.48. The predicted molar refractivity (Wildman–Crippen MR) is 114 cm³/mol. The molecule has 0 unspecified atom stereocenters. The summed E-state index contributed by atoms with van der Waals surface area (Å²) in [5.41, 5.74) is 4.57. The third-order valence-electron chi connectivity index (χ3n) is 4.76. The average molecular weight is 401 g/mol. The molecular formula is C21H24N2O2S2. The lowest BCUT2D eigenvalue weighted by atomic mass is 10.0. The summed E-state index contributed by atoms with van der Waals surface area (Å²) in [5.74, 6) is 2.54. The van der Waals surface area contributed by atoms with E-state index in [0.29, 0.717) is 6.61 Å². The van der Waals surface area contributed by atoms with Crippen molar-refractivity contribution >= 4 is 28.1 Å². The van der Waals surface area contributed by atoms with Gasteiger partial charge in [0.15, 0.2) is 4.96 Å². The van der Waals surface area contributed by atoms with Crippen molar-refractivity contribution in [3.05, 3.63) is 62.0 Å². The highest BCUT2D eigenvalue weighted by atomic mass is 32.2. The number of nitrogens with zero attached hydrogens (tertiary/aromatic N) is 2. The molecule has 3 aromatic rings. The number of thiazole rings is 1. The Kier molecular flexibility index (Phi) is 5.55. The van der Waals surface area contributed by atoms with E-state index in [1.54, 1.807) is 29.2 Å². The van der Waals surface area contributed by atoms with Crippen molar-refractivity contribution in [1.82, 2.24) is 9.38 Å². The second kappa shape index (κ2) is 8.07. The molecule has 0 N–H and O–H groups in total. The quantitative estimate of drug-likeness (QED) is 0.569. The SMILES string of the molecule is Cc1cc(C)cc(OCCSCc2cc(=O)n3c4c(sc3n2)CCCC4)c1. The largest absolute Gasteiger partial charge is 0.493 e. The number of benzene rings is 1. The molecule has 6 heteroatoms. The number of hydrogen-bond donors (Lipinski definition) is 0. The van der Waals surface area contributed by atoms with E-state index in [9.17, 15) is 4.79 Å². The number of fused-ring (bicyclic) bond motifs is 3. The fourth-order valence-electron chi connectivity index (χ4n) is 3.63. The summed E-state index contributed by atoms with van der Waals surface area (Å²) in [6, 6.07) is 7.97. The van der Waals surface area contributed by atoms with Gasteiger partial charge in [-0.3, -0.25) is 9.20 Å². The van der Waals surface area contributed by atoms with Gasteiger partial charge in [-0.2, -0.15) is 11.8 Å². The van der Waals surface area contributed by atoms with Crippen molar-refractivity contribution in [1.29, 1.82) is 0 Å². The average Bonchev–Trinajstić information content (AvgIpc) is 2.99. The van der Waals surface area contributed by atoms with Gasteiger partial charge in [-0.05, 0) is 62.8 Å². The second-order valence-electron chi connectivity index (χ2n) is 7.11. The first-order valence-corrected chi connectivity index (χ1v) is 11.4. The first-order chi connectivity index (χ1) is 13.1. The Balaban J connectivity index is 1.36. The fraction of sp³-hybridized carbons (Fsp3) is 0.429. The summed E-state index contributed by atoms with van der Waals surface area (Å²) in [7, 11) is 0. The van der Waals surface area contributed by atoms with Crippen LogP contribution in [0, 0.1) is 13.8 Å². The van der Waals surface area contributed by atoms with Gasteiger partial charge < -0.3 is 4.74 Å². The van der Waals surface area contributed by atoms with Crippen LogP contribution in [0.2, 0.25) is 0 Å². The fourth-order valence-corrected chi connectivity index (χ4v) is 5.56. The van der Waals surface area contributed by atoms with Gasteiger partial charge in [0, 0.05) is 28.1 Å². The van der Waals surface area contributed by atoms with Crippen LogP contribution in [0.25, 0.3) is 4.96 Å². The van der Waals surface area contributed by atoms with Crippen molar-refractivity contribution in [2.75, 3.05) is 12.4 Å². The van der Waals surface area contributed by atoms with E-state index in [0.717, 1.165) is 40.8 Å². The van der Waals surface area contributed by atoms with Gasteiger partial charge >= 0.3 is 0 Å². The van der Waals surface area contributed by atoms with Crippen LogP contribution in [0.1, 0.15) is 40.2 Å². The molecule has 27 heavy (non-hydrogen) atoms. The standard InChI is InChI=1S/C21H24N2O2S2/c1-14-9-15(2)11-17(10-14)25-7-8-26-13-16-12-20(24)23-18-5-3-4-6-19(18)27-21(23)22-16/h9-12H,3-8,13H2,1-2H3. The van der Waals surface area contributed by atoms with Crippen LogP contribution in [0.4, 0.5) is 0 Å². The van der Waals surface area contributed by atoms with Gasteiger partial charge in [-0.1, -0.05) is 6.07 Å². The maximum Gasteiger partial charge on any atom is 0.259 e. The second-order valence-corrected chi connectivity index (χ2v) is 9.27. The van der Waals surface area contributed by atoms with Crippen molar-refractivity contribution < 1.29 is 4.74 Å². The number of rotatable bonds is 6. The Hall–Kier alpha value is -1.79. The van der Waals surface area contributed by atoms with E-state index < -0.39 is 0 Å². The van der Waals surface area contributed by atoms with Crippen molar-refractivity contribution in [3.63, 3.8) is 0 Å². The van der Waals surface area contributed by atoms with Gasteiger partial charge in [0.2, 0.25) is 0 Å². The Bertz CT molecular complexity index is 1000. The molecule has 1 aliphatic carbocycles. The van der Waals surface area contributed by atoms with Crippen LogP contribution < -0.4 is 10.3 Å². The summed E-state index contributed by atoms with van der Waals surface area (Å²) in [4.78, 5) is 19.5. The molecular weight excluding hydrogens is 376 g/mol. The van der Waals surface area contributed by atoms with E-state index in [-0.39, 0.29) is 5.56 Å². The molecule has 0 atom stereocenters. The Labute approximate surface area is 167 Å². The van der Waals surface area contributed by atoms with Crippen molar-refractivity contribution in [3.8, 4) is 5.75 Å². The topological polar surface area (TPSA) is 43.6 Å². The summed E-state index contributed by atoms with van der Waals surface area (Å²) in [5, 5.41) is 0. The lowest BCUT2D eigenvalue weighted by Gasteiger charge is -2.10. The van der Waals surface area contributed by atoms with Gasteiger partial charge in [-0.25, -0.2) is 4.98 Å². The molecule has 0 amide bonds. The number of hydrogen-bond acceptors (Lipinski definition) is 5. The molecule has 4 rings (SSSR count). The minimum Gasteiger partial charge on any atom is -0.493 e. The molecule has 0 bridgehead atoms. The molecule has 1 aliphatic rings. The molecule has 2 heterocycles. The molecule has 2 aromatic heterocycles. The Morgan fingerprint density at radius 1 is 1.15 bits per heavy atom. The van der Waals surface area contributed by atoms with Gasteiger partial charge in [0.1, 0.15) is 5.75 Å². The molecule has 0 spiro atoms. The molecule has 4 nitrogen and oxygen atoms in total. The zero-order valence-electron chi connectivity index (χ0n) is 15.8. The van der Waals surface area contributed by atoms with Crippen LogP contribution >= 0.6 is 23.1 Å². The number of thioether (sulfide) groups is 1. The molecule has 0 fully saturated rings. The Morgan fingerprint density at radius 2 is 1.93 bits per heavy atom. The van der Waals surface area contributed by atoms with Gasteiger partial charge in [0.25, 0.3) is 5.56 Å². The number of aryl methyl sites for hydroxylation is 4. The van der Waals surface area contributed by atoms with Crippen molar-refractivity contribution in [2.24, 2.45) is 0 Å². The lowest BCUT2D eigenvalue weighted by Crippen LogP contribution is -2.17. The van der Waals surface area contributed by atoms with Gasteiger partial charge in [0.05, 0.1) is 12.3 Å². The Morgan fingerprint density at radius 3 is 2.74 bits per heavy atom. The van der Waals surface area contributed by atoms with Crippen LogP contribution in [0.5, 0.6) is 5.75 Å². The highest BCUT2D eigenvalue weighted by Crippen LogP contribution is 2.28. The normalized spacial score (nSPS) is 13.7. The third kappa shape index (κ3) is 4.22. The van der Waals surface area contributed by atoms with Crippen molar-refractivity contribution in [2.45, 2.75) is 45.3 Å². The van der Waals surface area contributed by atoms with Crippen LogP contribution in [0.3, 0.4) is 0 Å². The van der Waals surface area contributed by atoms with E-state index >= 15 is 0 Å². The monoisotopic (exact) mass is 400 g/mol. The minimum absolute atomic E-state index is 0.0708. The first-order valence-electron chi connectivity index (χ1n) is 9.42. The molecule has 0 aliphatic heterocycles. The summed E-state index contributed by atoms with van der Waals surface area (Å²) >= 11 is 3.44. The number of ether oxygens (including phenoxy) is 1. The highest BCUT2D eigenvalue weighted by Gasteiger charge is 2.18. The first kappa shape index (κ1) is 18.6. The molecule has 0 saturated carbocycles. The maximum atomic E-state index is 12.6. The van der Waals surface area contributed by atoms with E-state index in [1.807, 2.05) is 4.40 Å². The zero-order valence-corrected chi connectivity index (χ0v) is 17.4. The third-order valence-corrected chi connectivity index (χ3v) is 6.85. The zero-order chi connectivity index (χ0) is 18.8. The highest BCUT2D eigenvalue weighted by molar-refractivity contribution is 7.98. The predicted octanol–water partition coefficient (Wildman–Crippen LogP) is 4.56. The maximum absolute atomic E-state index is 12.6. The van der Waals surface area contributed by atoms with Crippen LogP contribution in [0.15, 0.2) is 29.1 Å². The summed E-state index contributed by atoms with van der Waals surface area (Å²) in [6.45, 7) is 4.82. The molecule has 0 radical (unpaired) electrons. The molecule has 0 saturated heterocycles. The minimum atomic E-state index is 0.0708. The van der Waals surface area contributed by atoms with Crippen LogP contribution in [-0.2, 0) is 18.6 Å². The van der Waals surface area contributed by atoms with Gasteiger partial charge in [-0.15, -0.1) is 11.3 Å². The van der Waals surface area contributed by atoms with E-state index in [1.165, 1.54) is 34.5 Å². The van der Waals surface area contributed by atoms with E-state index in [4.69, 9.17) is 9.72 Å². The smallest absolute Gasteiger partial charge is 0.259 e. The van der Waals surface area contributed by atoms with E-state index in [2.05, 4.69) is 32.0 Å². The molecule has 142 valence electrons. The number of aromatic nitrogens is 2. The summed E-state index contributed by atoms with van der Waals surface area (Å²) < 4.78 is 7.68. The molecule has 1 aromatic carbocycles.